The SMILES string of the molecule is CC(C)=C1C(=O)NC(=O)C1C(C)(C)C. The molecule has 0 aliphatic carbocycles. The summed E-state index contributed by atoms with van der Waals surface area (Å²) in [4.78, 5) is 23.1. The molecule has 0 aromatic rings. The predicted octanol–water partition coefficient (Wildman–Crippen LogP) is 1.64. The fraction of sp³-hybridized carbons (Fsp3) is 0.636. The first-order valence-corrected chi connectivity index (χ1v) is 4.77. The van der Waals surface area contributed by atoms with Gasteiger partial charge >= 0.3 is 0 Å². The molecule has 1 aliphatic rings. The average Bonchev–Trinajstić information content (AvgIpc) is 2.23. The van der Waals surface area contributed by atoms with E-state index in [1.807, 2.05) is 34.6 Å². The summed E-state index contributed by atoms with van der Waals surface area (Å²) in [5, 5.41) is 2.37. The highest BCUT2D eigenvalue weighted by molar-refractivity contribution is 6.15. The third kappa shape index (κ3) is 1.72. The van der Waals surface area contributed by atoms with Crippen molar-refractivity contribution in [1.82, 2.24) is 5.32 Å². The largest absolute Gasteiger partial charge is 0.292 e. The monoisotopic (exact) mass is 195 g/mol. The van der Waals surface area contributed by atoms with Crippen LogP contribution >= 0.6 is 0 Å². The molecule has 0 bridgehead atoms. The van der Waals surface area contributed by atoms with E-state index in [9.17, 15) is 9.59 Å². The van der Waals surface area contributed by atoms with Crippen molar-refractivity contribution >= 4 is 11.8 Å². The Kier molecular flexibility index (Phi) is 2.52. The molecule has 0 aromatic heterocycles. The molecule has 1 fully saturated rings. The molecular weight excluding hydrogens is 178 g/mol. The molecule has 0 saturated carbocycles. The molecule has 1 unspecified atom stereocenters. The summed E-state index contributed by atoms with van der Waals surface area (Å²) in [6.45, 7) is 9.65. The number of allylic oxidation sites excluding steroid dienone is 1. The van der Waals surface area contributed by atoms with Crippen molar-refractivity contribution in [1.29, 1.82) is 0 Å². The number of amides is 2. The molecule has 14 heavy (non-hydrogen) atoms. The molecule has 0 radical (unpaired) electrons. The summed E-state index contributed by atoms with van der Waals surface area (Å²) in [5.41, 5.74) is 1.36. The zero-order chi connectivity index (χ0) is 11.1. The van der Waals surface area contributed by atoms with Gasteiger partial charge in [-0.1, -0.05) is 26.3 Å². The normalized spacial score (nSPS) is 22.6. The first-order valence-electron chi connectivity index (χ1n) is 4.77. The van der Waals surface area contributed by atoms with Crippen LogP contribution in [-0.2, 0) is 9.59 Å². The second-order valence-corrected chi connectivity index (χ2v) is 5.03. The Hall–Kier alpha value is -1.12. The van der Waals surface area contributed by atoms with Gasteiger partial charge in [0, 0.05) is 5.57 Å². The van der Waals surface area contributed by atoms with E-state index in [0.29, 0.717) is 5.57 Å². The number of carbonyl (C=O) groups excluding carboxylic acids is 2. The Bertz CT molecular complexity index is 317. The zero-order valence-corrected chi connectivity index (χ0v) is 9.39. The Morgan fingerprint density at radius 2 is 1.71 bits per heavy atom. The van der Waals surface area contributed by atoms with Crippen LogP contribution in [0.5, 0.6) is 0 Å². The van der Waals surface area contributed by atoms with Gasteiger partial charge in [0.1, 0.15) is 0 Å². The molecule has 1 atom stereocenters. The molecule has 3 nitrogen and oxygen atoms in total. The third-order valence-electron chi connectivity index (χ3n) is 2.44. The Labute approximate surface area is 84.6 Å². The van der Waals surface area contributed by atoms with Crippen LogP contribution in [0.2, 0.25) is 0 Å². The van der Waals surface area contributed by atoms with Gasteiger partial charge in [0.05, 0.1) is 5.92 Å². The maximum Gasteiger partial charge on any atom is 0.254 e. The number of hydrogen-bond acceptors (Lipinski definition) is 2. The number of imide groups is 1. The molecule has 2 amide bonds. The van der Waals surface area contributed by atoms with E-state index in [2.05, 4.69) is 5.32 Å². The van der Waals surface area contributed by atoms with Gasteiger partial charge in [-0.25, -0.2) is 0 Å². The number of rotatable bonds is 0. The van der Waals surface area contributed by atoms with Gasteiger partial charge < -0.3 is 0 Å². The summed E-state index contributed by atoms with van der Waals surface area (Å²) in [5.74, 6) is -0.700. The molecule has 3 heteroatoms. The summed E-state index contributed by atoms with van der Waals surface area (Å²) in [7, 11) is 0. The fourth-order valence-corrected chi connectivity index (χ4v) is 1.86. The van der Waals surface area contributed by atoms with Crippen LogP contribution in [0, 0.1) is 11.3 Å². The van der Waals surface area contributed by atoms with Crippen molar-refractivity contribution in [2.45, 2.75) is 34.6 Å². The van der Waals surface area contributed by atoms with Crippen molar-refractivity contribution < 1.29 is 9.59 Å². The van der Waals surface area contributed by atoms with E-state index in [1.54, 1.807) is 0 Å². The van der Waals surface area contributed by atoms with Gasteiger partial charge in [-0.05, 0) is 19.3 Å². The molecule has 78 valence electrons. The second-order valence-electron chi connectivity index (χ2n) is 5.03. The fourth-order valence-electron chi connectivity index (χ4n) is 1.86. The Morgan fingerprint density at radius 1 is 1.21 bits per heavy atom. The summed E-state index contributed by atoms with van der Waals surface area (Å²) in [6, 6.07) is 0. The van der Waals surface area contributed by atoms with Crippen molar-refractivity contribution in [3.05, 3.63) is 11.1 Å². The quantitative estimate of drug-likeness (QED) is 0.472. The van der Waals surface area contributed by atoms with E-state index < -0.39 is 0 Å². The minimum Gasteiger partial charge on any atom is -0.292 e. The van der Waals surface area contributed by atoms with Crippen LogP contribution in [-0.4, -0.2) is 11.8 Å². The summed E-state index contributed by atoms with van der Waals surface area (Å²) in [6.07, 6.45) is 0. The van der Waals surface area contributed by atoms with E-state index >= 15 is 0 Å². The van der Waals surface area contributed by atoms with E-state index in [-0.39, 0.29) is 23.1 Å². The van der Waals surface area contributed by atoms with Crippen molar-refractivity contribution in [3.8, 4) is 0 Å². The van der Waals surface area contributed by atoms with Crippen molar-refractivity contribution in [3.63, 3.8) is 0 Å². The highest BCUT2D eigenvalue weighted by atomic mass is 16.2. The van der Waals surface area contributed by atoms with Crippen molar-refractivity contribution in [2.75, 3.05) is 0 Å². The second kappa shape index (κ2) is 3.23. The van der Waals surface area contributed by atoms with Crippen LogP contribution < -0.4 is 5.32 Å². The molecule has 0 aromatic carbocycles. The Morgan fingerprint density at radius 3 is 2.00 bits per heavy atom. The minimum absolute atomic E-state index is 0.168. The predicted molar refractivity (Wildman–Crippen MR) is 54.5 cm³/mol. The molecule has 1 saturated heterocycles. The van der Waals surface area contributed by atoms with E-state index in [1.165, 1.54) is 0 Å². The van der Waals surface area contributed by atoms with Gasteiger partial charge in [0.2, 0.25) is 5.91 Å². The highest BCUT2D eigenvalue weighted by Crippen LogP contribution is 2.36. The maximum absolute atomic E-state index is 11.6. The van der Waals surface area contributed by atoms with E-state index in [0.717, 1.165) is 5.57 Å². The smallest absolute Gasteiger partial charge is 0.254 e. The van der Waals surface area contributed by atoms with Crippen LogP contribution in [0.15, 0.2) is 11.1 Å². The summed E-state index contributed by atoms with van der Waals surface area (Å²) < 4.78 is 0. The van der Waals surface area contributed by atoms with Crippen molar-refractivity contribution in [2.24, 2.45) is 11.3 Å². The van der Waals surface area contributed by atoms with E-state index in [4.69, 9.17) is 0 Å². The molecule has 1 heterocycles. The third-order valence-corrected chi connectivity index (χ3v) is 2.44. The highest BCUT2D eigenvalue weighted by Gasteiger charge is 2.43. The molecule has 0 spiro atoms. The molecule has 1 rings (SSSR count). The molecule has 1 N–H and O–H groups in total. The minimum atomic E-state index is -0.306. The average molecular weight is 195 g/mol. The van der Waals surface area contributed by atoms with Crippen LogP contribution in [0.25, 0.3) is 0 Å². The number of nitrogens with one attached hydrogen (secondary N) is 1. The van der Waals surface area contributed by atoms with Gasteiger partial charge in [-0.15, -0.1) is 0 Å². The van der Waals surface area contributed by atoms with Gasteiger partial charge in [-0.2, -0.15) is 0 Å². The summed E-state index contributed by atoms with van der Waals surface area (Å²) >= 11 is 0. The van der Waals surface area contributed by atoms with Crippen LogP contribution in [0.1, 0.15) is 34.6 Å². The maximum atomic E-state index is 11.6. The molecular formula is C11H17NO2. The standard InChI is InChI=1S/C11H17NO2/c1-6(2)7-8(11(3,4)5)10(14)12-9(7)13/h8H,1-5H3,(H,12,13,14). The lowest BCUT2D eigenvalue weighted by molar-refractivity contribution is -0.127. The lowest BCUT2D eigenvalue weighted by atomic mass is 9.76. The van der Waals surface area contributed by atoms with Gasteiger partial charge in [-0.3, -0.25) is 14.9 Å². The number of hydrogen-bond donors (Lipinski definition) is 1. The van der Waals surface area contributed by atoms with Crippen LogP contribution in [0.4, 0.5) is 0 Å². The Balaban J connectivity index is 3.22. The lowest BCUT2D eigenvalue weighted by Crippen LogP contribution is -2.29. The van der Waals surface area contributed by atoms with Gasteiger partial charge in [0.25, 0.3) is 5.91 Å². The molecule has 1 aliphatic heterocycles. The topological polar surface area (TPSA) is 46.2 Å². The number of carbonyl (C=O) groups is 2. The lowest BCUT2D eigenvalue weighted by Gasteiger charge is -2.25. The zero-order valence-electron chi connectivity index (χ0n) is 9.39. The van der Waals surface area contributed by atoms with Gasteiger partial charge in [0.15, 0.2) is 0 Å². The first kappa shape index (κ1) is 11.0. The first-order chi connectivity index (χ1) is 6.25. The van der Waals surface area contributed by atoms with Crippen LogP contribution in [0.3, 0.4) is 0 Å².